The van der Waals surface area contributed by atoms with Gasteiger partial charge in [-0.25, -0.2) is 9.97 Å². The number of nitrogen functional groups attached to an aromatic ring is 1. The fourth-order valence-electron chi connectivity index (χ4n) is 2.44. The van der Waals surface area contributed by atoms with Crippen LogP contribution < -0.4 is 11.5 Å². The van der Waals surface area contributed by atoms with Crippen LogP contribution in [0, 0.1) is 0 Å². The highest BCUT2D eigenvalue weighted by Crippen LogP contribution is 2.34. The van der Waals surface area contributed by atoms with Gasteiger partial charge in [0.2, 0.25) is 0 Å². The number of anilines is 1. The Morgan fingerprint density at radius 3 is 2.61 bits per heavy atom. The molecule has 2 heterocycles. The third kappa shape index (κ3) is 2.57. The van der Waals surface area contributed by atoms with Gasteiger partial charge in [-0.3, -0.25) is 9.36 Å². The zero-order chi connectivity index (χ0) is 17.3. The molecule has 23 heavy (non-hydrogen) atoms. The van der Waals surface area contributed by atoms with Gasteiger partial charge in [0.25, 0.3) is 5.91 Å². The normalized spacial score (nSPS) is 13.1. The molecule has 0 unspecified atom stereocenters. The minimum Gasteiger partial charge on any atom is -0.508 e. The van der Waals surface area contributed by atoms with Crippen molar-refractivity contribution in [3.05, 3.63) is 47.6 Å². The Labute approximate surface area is 133 Å². The molecular weight excluding hydrogens is 294 g/mol. The number of hydrogen-bond acceptors (Lipinski definition) is 5. The van der Waals surface area contributed by atoms with E-state index >= 15 is 0 Å². The third-order valence-electron chi connectivity index (χ3n) is 3.73. The number of aliphatic hydroxyl groups excluding tert-OH is 1. The summed E-state index contributed by atoms with van der Waals surface area (Å²) in [6.45, 7) is 8.99. The second-order valence-corrected chi connectivity index (χ2v) is 5.11. The van der Waals surface area contributed by atoms with Gasteiger partial charge < -0.3 is 16.6 Å². The number of carbonyl (C=O) groups excluding carboxylic acids is 1. The lowest BCUT2D eigenvalue weighted by Gasteiger charge is -2.16. The average molecular weight is 313 g/mol. The van der Waals surface area contributed by atoms with Gasteiger partial charge in [-0.15, -0.1) is 0 Å². The van der Waals surface area contributed by atoms with Crippen molar-refractivity contribution in [1.29, 1.82) is 0 Å². The van der Waals surface area contributed by atoms with E-state index in [1.807, 2.05) is 19.9 Å². The largest absolute Gasteiger partial charge is 0.508 e. The molecule has 0 aliphatic rings. The first-order valence-electron chi connectivity index (χ1n) is 6.93. The molecule has 0 aliphatic heterocycles. The lowest BCUT2D eigenvalue weighted by atomic mass is 10.1. The number of aliphatic hydroxyl groups is 1. The predicted molar refractivity (Wildman–Crippen MR) is 90.5 cm³/mol. The molecule has 0 saturated carbocycles. The highest BCUT2D eigenvalue weighted by molar-refractivity contribution is 6.11. The number of carbonyl (C=O) groups is 1. The number of rotatable bonds is 4. The molecule has 7 nitrogen and oxygen atoms in total. The smallest absolute Gasteiger partial charge is 0.253 e. The number of fused-ring (bicyclic) bond motifs is 1. The van der Waals surface area contributed by atoms with Crippen LogP contribution in [0.1, 0.15) is 31.1 Å². The highest BCUT2D eigenvalue weighted by Gasteiger charge is 2.24. The summed E-state index contributed by atoms with van der Waals surface area (Å²) >= 11 is 0. The molecule has 2 aromatic heterocycles. The Kier molecular flexibility index (Phi) is 4.22. The van der Waals surface area contributed by atoms with Crippen LogP contribution in [0.4, 0.5) is 5.82 Å². The first-order valence-corrected chi connectivity index (χ1v) is 6.93. The second kappa shape index (κ2) is 5.96. The van der Waals surface area contributed by atoms with Crippen LogP contribution in [-0.4, -0.2) is 25.5 Å². The fourth-order valence-corrected chi connectivity index (χ4v) is 2.44. The Hall–Kier alpha value is -3.09. The molecule has 0 saturated heterocycles. The number of nitrogens with zero attached hydrogens (tertiary/aromatic N) is 3. The van der Waals surface area contributed by atoms with Crippen molar-refractivity contribution < 1.29 is 9.90 Å². The van der Waals surface area contributed by atoms with Crippen LogP contribution in [0.5, 0.6) is 0 Å². The minimum atomic E-state index is -0.668. The van der Waals surface area contributed by atoms with Gasteiger partial charge >= 0.3 is 0 Å². The summed E-state index contributed by atoms with van der Waals surface area (Å²) in [5, 5.41) is 10.3. The molecule has 0 aliphatic carbocycles. The summed E-state index contributed by atoms with van der Waals surface area (Å²) < 4.78 is 1.59. The van der Waals surface area contributed by atoms with Gasteiger partial charge in [-0.1, -0.05) is 12.7 Å². The molecule has 120 valence electrons. The molecular formula is C16H19N5O2. The standard InChI is InChI=1S/C16H19N5O2/c1-5-8(2)13(9(3)10(4)22)21-14(17)12(15(18)23)11-6-19-7-20-16(11)21/h5-7,22H,4,17H2,1-3H3,(H2,18,23)/b8-5-,13-9+. The minimum absolute atomic E-state index is 0.0999. The van der Waals surface area contributed by atoms with Crippen LogP contribution >= 0.6 is 0 Å². The van der Waals surface area contributed by atoms with Crippen molar-refractivity contribution in [2.75, 3.05) is 5.73 Å². The number of hydrogen-bond donors (Lipinski definition) is 3. The quantitative estimate of drug-likeness (QED) is 0.591. The maximum Gasteiger partial charge on any atom is 0.253 e. The van der Waals surface area contributed by atoms with Gasteiger partial charge in [0, 0.05) is 11.8 Å². The zero-order valence-electron chi connectivity index (χ0n) is 13.3. The lowest BCUT2D eigenvalue weighted by molar-refractivity contribution is 0.100. The van der Waals surface area contributed by atoms with Crippen molar-refractivity contribution >= 4 is 28.5 Å². The average Bonchev–Trinajstić information content (AvgIpc) is 2.80. The molecule has 2 rings (SSSR count). The zero-order valence-corrected chi connectivity index (χ0v) is 13.3. The monoisotopic (exact) mass is 313 g/mol. The van der Waals surface area contributed by atoms with Crippen LogP contribution in [-0.2, 0) is 0 Å². The molecule has 0 atom stereocenters. The van der Waals surface area contributed by atoms with E-state index in [0.29, 0.717) is 22.3 Å². The summed E-state index contributed by atoms with van der Waals surface area (Å²) in [5.74, 6) is -0.624. The van der Waals surface area contributed by atoms with Crippen LogP contribution in [0.2, 0.25) is 0 Å². The van der Waals surface area contributed by atoms with E-state index in [0.717, 1.165) is 5.57 Å². The molecule has 0 fully saturated rings. The van der Waals surface area contributed by atoms with Gasteiger partial charge in [0.1, 0.15) is 23.6 Å². The third-order valence-corrected chi connectivity index (χ3v) is 3.73. The van der Waals surface area contributed by atoms with Crippen molar-refractivity contribution in [1.82, 2.24) is 14.5 Å². The first-order chi connectivity index (χ1) is 10.8. The predicted octanol–water partition coefficient (Wildman–Crippen LogP) is 2.38. The van der Waals surface area contributed by atoms with Gasteiger partial charge in [0.05, 0.1) is 16.6 Å². The number of allylic oxidation sites excluding steroid dienone is 4. The van der Waals surface area contributed by atoms with Crippen molar-refractivity contribution in [3.63, 3.8) is 0 Å². The van der Waals surface area contributed by atoms with E-state index in [9.17, 15) is 9.90 Å². The molecule has 1 amide bonds. The van der Waals surface area contributed by atoms with E-state index in [-0.39, 0.29) is 17.1 Å². The molecule has 7 heteroatoms. The Bertz CT molecular complexity index is 874. The number of primary amides is 1. The number of nitrogens with two attached hydrogens (primary N) is 2. The second-order valence-electron chi connectivity index (χ2n) is 5.11. The summed E-state index contributed by atoms with van der Waals surface area (Å²) in [7, 11) is 0. The molecule has 0 bridgehead atoms. The van der Waals surface area contributed by atoms with Crippen molar-refractivity contribution in [2.45, 2.75) is 20.8 Å². The van der Waals surface area contributed by atoms with Gasteiger partial charge in [0.15, 0.2) is 0 Å². The summed E-state index contributed by atoms with van der Waals surface area (Å²) in [6.07, 6.45) is 4.70. The molecule has 0 radical (unpaired) electrons. The van der Waals surface area contributed by atoms with Gasteiger partial charge in [-0.05, 0) is 26.3 Å². The van der Waals surface area contributed by atoms with Gasteiger partial charge in [-0.2, -0.15) is 0 Å². The molecule has 0 aromatic carbocycles. The fraction of sp³-hybridized carbons (Fsp3) is 0.188. The van der Waals surface area contributed by atoms with E-state index in [1.165, 1.54) is 12.5 Å². The van der Waals surface area contributed by atoms with Crippen molar-refractivity contribution in [3.8, 4) is 0 Å². The lowest BCUT2D eigenvalue weighted by Crippen LogP contribution is -2.14. The number of aromatic nitrogens is 3. The maximum atomic E-state index is 11.8. The number of amides is 1. The van der Waals surface area contributed by atoms with E-state index in [1.54, 1.807) is 11.5 Å². The SMILES string of the molecule is C=C(O)/C(C)=C(\C(C)=C/C)n1c(N)c(C(N)=O)c2cncnc21. The van der Waals surface area contributed by atoms with Crippen molar-refractivity contribution in [2.24, 2.45) is 5.73 Å². The molecule has 5 N–H and O–H groups in total. The maximum absolute atomic E-state index is 11.8. The van der Waals surface area contributed by atoms with Crippen LogP contribution in [0.15, 0.2) is 42.1 Å². The highest BCUT2D eigenvalue weighted by atomic mass is 16.3. The van der Waals surface area contributed by atoms with Crippen LogP contribution in [0.25, 0.3) is 16.7 Å². The first kappa shape index (κ1) is 16.3. The summed E-state index contributed by atoms with van der Waals surface area (Å²) in [4.78, 5) is 19.9. The Morgan fingerprint density at radius 2 is 2.09 bits per heavy atom. The topological polar surface area (TPSA) is 120 Å². The van der Waals surface area contributed by atoms with E-state index in [2.05, 4.69) is 16.5 Å². The summed E-state index contributed by atoms with van der Waals surface area (Å²) in [5.41, 5.74) is 14.1. The molecule has 0 spiro atoms. The van der Waals surface area contributed by atoms with Crippen LogP contribution in [0.3, 0.4) is 0 Å². The Morgan fingerprint density at radius 1 is 1.43 bits per heavy atom. The summed E-state index contributed by atoms with van der Waals surface area (Å²) in [6, 6.07) is 0. The van der Waals surface area contributed by atoms with E-state index in [4.69, 9.17) is 11.5 Å². The molecule has 2 aromatic rings. The Balaban J connectivity index is 3.02. The van der Waals surface area contributed by atoms with E-state index < -0.39 is 5.91 Å².